The zero-order valence-corrected chi connectivity index (χ0v) is 20.4. The second-order valence-electron chi connectivity index (χ2n) is 6.69. The summed E-state index contributed by atoms with van der Waals surface area (Å²) in [5.41, 5.74) is 5.00. The van der Waals surface area contributed by atoms with Crippen molar-refractivity contribution in [2.24, 2.45) is 5.10 Å². The van der Waals surface area contributed by atoms with Crippen molar-refractivity contribution in [2.45, 2.75) is 27.2 Å². The topological polar surface area (TPSA) is 109 Å². The lowest BCUT2D eigenvalue weighted by molar-refractivity contribution is -0.123. The van der Waals surface area contributed by atoms with Gasteiger partial charge in [0.15, 0.2) is 6.61 Å². The average molecular weight is 554 g/mol. The predicted octanol–water partition coefficient (Wildman–Crippen LogP) is 4.38. The molecular formula is C21H22Br2N4O4. The zero-order chi connectivity index (χ0) is 23.0. The number of aryl methyl sites for hydroxylation is 1. The summed E-state index contributed by atoms with van der Waals surface area (Å²) in [6, 6.07) is 10.4. The van der Waals surface area contributed by atoms with E-state index in [1.54, 1.807) is 31.2 Å². The van der Waals surface area contributed by atoms with Gasteiger partial charge in [-0.2, -0.15) is 5.10 Å². The molecule has 0 atom stereocenters. The summed E-state index contributed by atoms with van der Waals surface area (Å²) in [6.45, 7) is 4.75. The maximum absolute atomic E-state index is 12.1. The summed E-state index contributed by atoms with van der Waals surface area (Å²) in [5, 5.41) is 9.30. The van der Waals surface area contributed by atoms with Crippen molar-refractivity contribution in [2.75, 3.05) is 17.2 Å². The Morgan fingerprint density at radius 3 is 2.16 bits per heavy atom. The molecule has 0 spiro atoms. The van der Waals surface area contributed by atoms with E-state index in [0.29, 0.717) is 22.8 Å². The summed E-state index contributed by atoms with van der Waals surface area (Å²) < 4.78 is 7.16. The second-order valence-corrected chi connectivity index (χ2v) is 8.39. The lowest BCUT2D eigenvalue weighted by Gasteiger charge is -2.10. The fraction of sp³-hybridized carbons (Fsp3) is 0.238. The van der Waals surface area contributed by atoms with Gasteiger partial charge in [-0.3, -0.25) is 14.4 Å². The van der Waals surface area contributed by atoms with Gasteiger partial charge in [0.2, 0.25) is 11.8 Å². The second kappa shape index (κ2) is 11.6. The van der Waals surface area contributed by atoms with Crippen LogP contribution in [-0.4, -0.2) is 30.0 Å². The normalized spacial score (nSPS) is 10.9. The average Bonchev–Trinajstić information content (AvgIpc) is 2.69. The first kappa shape index (κ1) is 24.5. The third-order valence-electron chi connectivity index (χ3n) is 3.85. The Hall–Kier alpha value is -2.72. The predicted molar refractivity (Wildman–Crippen MR) is 127 cm³/mol. The molecule has 8 nitrogen and oxygen atoms in total. The number of rotatable bonds is 8. The summed E-state index contributed by atoms with van der Waals surface area (Å²) >= 11 is 6.81. The smallest absolute Gasteiger partial charge is 0.277 e. The number of carbonyl (C=O) groups is 3. The molecule has 0 aliphatic heterocycles. The van der Waals surface area contributed by atoms with Gasteiger partial charge >= 0.3 is 0 Å². The van der Waals surface area contributed by atoms with E-state index in [4.69, 9.17) is 4.74 Å². The minimum absolute atomic E-state index is 0.00599. The molecule has 164 valence electrons. The summed E-state index contributed by atoms with van der Waals surface area (Å²) in [7, 11) is 0. The summed E-state index contributed by atoms with van der Waals surface area (Å²) in [6.07, 6.45) is 0.00599. The molecule has 0 unspecified atom stereocenters. The van der Waals surface area contributed by atoms with Crippen molar-refractivity contribution in [3.05, 3.63) is 50.9 Å². The van der Waals surface area contributed by atoms with E-state index in [2.05, 4.69) is 53.0 Å². The molecule has 2 rings (SSSR count). The molecule has 0 bridgehead atoms. The number of benzene rings is 2. The van der Waals surface area contributed by atoms with Crippen LogP contribution in [0.15, 0.2) is 50.4 Å². The third kappa shape index (κ3) is 8.50. The van der Waals surface area contributed by atoms with Gasteiger partial charge in [0, 0.05) is 28.5 Å². The zero-order valence-electron chi connectivity index (χ0n) is 17.2. The first-order valence-electron chi connectivity index (χ1n) is 9.22. The van der Waals surface area contributed by atoms with Gasteiger partial charge in [0.05, 0.1) is 10.9 Å². The van der Waals surface area contributed by atoms with Gasteiger partial charge in [-0.15, -0.1) is 0 Å². The van der Waals surface area contributed by atoms with Crippen molar-refractivity contribution in [1.82, 2.24) is 5.43 Å². The number of hydrogen-bond acceptors (Lipinski definition) is 5. The Kier molecular flexibility index (Phi) is 9.20. The fourth-order valence-electron chi connectivity index (χ4n) is 2.39. The van der Waals surface area contributed by atoms with Crippen LogP contribution < -0.4 is 20.8 Å². The first-order chi connectivity index (χ1) is 14.6. The van der Waals surface area contributed by atoms with Crippen molar-refractivity contribution < 1.29 is 19.1 Å². The Bertz CT molecular complexity index is 1010. The number of nitrogens with one attached hydrogen (secondary N) is 3. The van der Waals surface area contributed by atoms with Crippen molar-refractivity contribution in [1.29, 1.82) is 0 Å². The highest BCUT2D eigenvalue weighted by molar-refractivity contribution is 9.11. The molecule has 0 heterocycles. The van der Waals surface area contributed by atoms with Crippen LogP contribution in [0.25, 0.3) is 0 Å². The third-order valence-corrected chi connectivity index (χ3v) is 5.32. The lowest BCUT2D eigenvalue weighted by atomic mass is 10.2. The minimum atomic E-state index is -0.444. The van der Waals surface area contributed by atoms with Gasteiger partial charge in [0.25, 0.3) is 5.91 Å². The molecule has 3 amide bonds. The Morgan fingerprint density at radius 1 is 0.935 bits per heavy atom. The molecule has 2 aromatic carbocycles. The van der Waals surface area contributed by atoms with Gasteiger partial charge < -0.3 is 15.4 Å². The largest absolute Gasteiger partial charge is 0.483 e. The highest BCUT2D eigenvalue weighted by Crippen LogP contribution is 2.31. The van der Waals surface area contributed by atoms with Crippen LogP contribution in [0, 0.1) is 6.92 Å². The summed E-state index contributed by atoms with van der Waals surface area (Å²) in [4.78, 5) is 35.1. The number of halogens is 2. The van der Waals surface area contributed by atoms with Crippen LogP contribution in [0.4, 0.5) is 11.4 Å². The van der Waals surface area contributed by atoms with E-state index in [-0.39, 0.29) is 24.8 Å². The summed E-state index contributed by atoms with van der Waals surface area (Å²) in [5.74, 6) is -0.356. The lowest BCUT2D eigenvalue weighted by Crippen LogP contribution is -2.26. The van der Waals surface area contributed by atoms with Crippen molar-refractivity contribution in [3.63, 3.8) is 0 Å². The monoisotopic (exact) mass is 552 g/mol. The standard InChI is InChI=1S/C21H22Br2N4O4/c1-12-8-19(18(23)10-17(12)22)31-11-21(30)27-26-13(2)9-20(29)25-16-6-4-15(5-7-16)24-14(3)28/h4-8,10H,9,11H2,1-3H3,(H,24,28)(H,25,29)(H,27,30)/b26-13-. The molecule has 0 aromatic heterocycles. The Balaban J connectivity index is 1.79. The highest BCUT2D eigenvalue weighted by Gasteiger charge is 2.09. The SMILES string of the molecule is CC(=O)Nc1ccc(NC(=O)C/C(C)=N\NC(=O)COc2cc(C)c(Br)cc2Br)cc1. The number of nitrogens with zero attached hydrogens (tertiary/aromatic N) is 1. The van der Waals surface area contributed by atoms with Crippen molar-refractivity contribution >= 4 is 66.7 Å². The van der Waals surface area contributed by atoms with Gasteiger partial charge in [-0.25, -0.2) is 5.43 Å². The number of ether oxygens (including phenoxy) is 1. The molecule has 0 aliphatic carbocycles. The van der Waals surface area contributed by atoms with Crippen molar-refractivity contribution in [3.8, 4) is 5.75 Å². The molecule has 3 N–H and O–H groups in total. The number of hydrazone groups is 1. The van der Waals surface area contributed by atoms with E-state index in [9.17, 15) is 14.4 Å². The maximum Gasteiger partial charge on any atom is 0.277 e. The van der Waals surface area contributed by atoms with Gasteiger partial charge in [0.1, 0.15) is 5.75 Å². The molecule has 0 radical (unpaired) electrons. The van der Waals surface area contributed by atoms with E-state index in [1.807, 2.05) is 19.1 Å². The molecule has 0 aliphatic rings. The maximum atomic E-state index is 12.1. The van der Waals surface area contributed by atoms with Crippen LogP contribution in [0.3, 0.4) is 0 Å². The number of carbonyl (C=O) groups excluding carboxylic acids is 3. The fourth-order valence-corrected chi connectivity index (χ4v) is 3.50. The molecule has 0 fully saturated rings. The van der Waals surface area contributed by atoms with E-state index < -0.39 is 5.91 Å². The van der Waals surface area contributed by atoms with Crippen LogP contribution >= 0.6 is 31.9 Å². The number of amides is 3. The highest BCUT2D eigenvalue weighted by atomic mass is 79.9. The minimum Gasteiger partial charge on any atom is -0.483 e. The number of anilines is 2. The molecule has 10 heteroatoms. The van der Waals surface area contributed by atoms with Gasteiger partial charge in [-0.05, 0) is 71.7 Å². The Labute approximate surface area is 197 Å². The first-order valence-corrected chi connectivity index (χ1v) is 10.8. The molecule has 0 saturated heterocycles. The van der Waals surface area contributed by atoms with Gasteiger partial charge in [-0.1, -0.05) is 15.9 Å². The molecule has 31 heavy (non-hydrogen) atoms. The van der Waals surface area contributed by atoms with E-state index in [1.165, 1.54) is 6.92 Å². The Morgan fingerprint density at radius 2 is 1.55 bits per heavy atom. The quantitative estimate of drug-likeness (QED) is 0.333. The number of hydrogen-bond donors (Lipinski definition) is 3. The van der Waals surface area contributed by atoms with Crippen LogP contribution in [0.2, 0.25) is 0 Å². The van der Waals surface area contributed by atoms with Crippen LogP contribution in [0.1, 0.15) is 25.8 Å². The van der Waals surface area contributed by atoms with E-state index in [0.717, 1.165) is 14.5 Å². The van der Waals surface area contributed by atoms with Crippen LogP contribution in [0.5, 0.6) is 5.75 Å². The van der Waals surface area contributed by atoms with Crippen LogP contribution in [-0.2, 0) is 14.4 Å². The molecule has 0 saturated carbocycles. The molecular weight excluding hydrogens is 532 g/mol. The molecule has 2 aromatic rings. The van der Waals surface area contributed by atoms with E-state index >= 15 is 0 Å².